The van der Waals surface area contributed by atoms with E-state index in [4.69, 9.17) is 20.9 Å². The van der Waals surface area contributed by atoms with Crippen molar-refractivity contribution in [2.75, 3.05) is 24.7 Å². The lowest BCUT2D eigenvalue weighted by Crippen LogP contribution is -2.57. The van der Waals surface area contributed by atoms with E-state index < -0.39 is 17.0 Å². The molecule has 6 N–H and O–H groups in total. The zero-order chi connectivity index (χ0) is 51.7. The van der Waals surface area contributed by atoms with Gasteiger partial charge in [-0.15, -0.1) is 0 Å². The van der Waals surface area contributed by atoms with Gasteiger partial charge in [0.25, 0.3) is 0 Å². The number of allylic oxidation sites excluding steroid dienone is 1. The number of carbonyl (C=O) groups is 2. The first kappa shape index (κ1) is 57.1. The molecule has 0 aromatic heterocycles. The highest BCUT2D eigenvalue weighted by molar-refractivity contribution is 6.01. The number of hydrogen-bond donors (Lipinski definition) is 4. The molecule has 2 fully saturated rings. The van der Waals surface area contributed by atoms with E-state index in [1.54, 1.807) is 60.7 Å². The van der Waals surface area contributed by atoms with E-state index in [0.29, 0.717) is 53.1 Å². The van der Waals surface area contributed by atoms with Gasteiger partial charge in [0.1, 0.15) is 11.5 Å². The quantitative estimate of drug-likeness (QED) is 0.0164. The number of unbranched alkanes of at least 4 members (excludes halogenated alkanes) is 10. The Bertz CT molecular complexity index is 2200. The second kappa shape index (κ2) is 30.3. The zero-order valence-corrected chi connectivity index (χ0v) is 44.6. The summed E-state index contributed by atoms with van der Waals surface area (Å²) in [6.07, 6.45) is 34.6. The molecule has 4 aromatic rings. The molecule has 8 nitrogen and oxygen atoms in total. The molecule has 0 heterocycles. The SMILES string of the molecule is CCCCCCCCC1CCC(COc2ccc(/C=C/C(=O)CC(Cc3ccc(N)cc3)(Cc3ccc(N)cc3)C(O)(O)C(=O)/C=C/c3ccc(OCC4CCC(CCCCCCCC)CC4)cc3)cc2)CC1. The molecule has 8 heteroatoms. The van der Waals surface area contributed by atoms with E-state index in [2.05, 4.69) is 13.8 Å². The van der Waals surface area contributed by atoms with Crippen molar-refractivity contribution in [3.05, 3.63) is 131 Å². The predicted octanol–water partition coefficient (Wildman–Crippen LogP) is 15.1. The third-order valence-corrected chi connectivity index (χ3v) is 16.1. The summed E-state index contributed by atoms with van der Waals surface area (Å²) in [4.78, 5) is 28.5. The van der Waals surface area contributed by atoms with Crippen LogP contribution in [0.2, 0.25) is 0 Å². The lowest BCUT2D eigenvalue weighted by molar-refractivity contribution is -0.230. The number of nitrogen functional groups attached to an aromatic ring is 2. The monoisotopic (exact) mass is 995 g/mol. The summed E-state index contributed by atoms with van der Waals surface area (Å²) >= 11 is 0. The van der Waals surface area contributed by atoms with E-state index in [1.807, 2.05) is 48.5 Å². The summed E-state index contributed by atoms with van der Waals surface area (Å²) < 4.78 is 12.5. The minimum atomic E-state index is -2.97. The van der Waals surface area contributed by atoms with Gasteiger partial charge in [-0.1, -0.05) is 190 Å². The minimum absolute atomic E-state index is 0.0105. The number of nitrogens with two attached hydrogens (primary N) is 2. The van der Waals surface area contributed by atoms with Crippen molar-refractivity contribution in [1.29, 1.82) is 0 Å². The van der Waals surface area contributed by atoms with Gasteiger partial charge in [0.05, 0.1) is 13.2 Å². The summed E-state index contributed by atoms with van der Waals surface area (Å²) in [5.74, 6) is 0.132. The van der Waals surface area contributed by atoms with Gasteiger partial charge in [-0.05, 0) is 145 Å². The normalized spacial score (nSPS) is 18.6. The third-order valence-electron chi connectivity index (χ3n) is 16.1. The molecule has 0 bridgehead atoms. The first-order chi connectivity index (χ1) is 35.4. The van der Waals surface area contributed by atoms with E-state index >= 15 is 0 Å². The molecule has 396 valence electrons. The van der Waals surface area contributed by atoms with Crippen LogP contribution in [0.3, 0.4) is 0 Å². The third kappa shape index (κ3) is 19.2. The van der Waals surface area contributed by atoms with Crippen LogP contribution in [0.25, 0.3) is 12.2 Å². The van der Waals surface area contributed by atoms with Gasteiger partial charge in [0.15, 0.2) is 5.78 Å². The molecule has 0 aliphatic heterocycles. The highest BCUT2D eigenvalue weighted by atomic mass is 16.5. The Morgan fingerprint density at radius 2 is 0.877 bits per heavy atom. The molecule has 73 heavy (non-hydrogen) atoms. The Kier molecular flexibility index (Phi) is 23.7. The first-order valence-corrected chi connectivity index (χ1v) is 28.5. The fraction of sp³-hybridized carbons (Fsp3) is 0.538. The van der Waals surface area contributed by atoms with Gasteiger partial charge in [-0.3, -0.25) is 9.59 Å². The Morgan fingerprint density at radius 1 is 0.507 bits per heavy atom. The lowest BCUT2D eigenvalue weighted by atomic mass is 9.65. The fourth-order valence-corrected chi connectivity index (χ4v) is 11.3. The number of ketones is 2. The molecule has 0 amide bonds. The van der Waals surface area contributed by atoms with Crippen LogP contribution in [0.15, 0.2) is 109 Å². The number of carbonyl (C=O) groups excluding carboxylic acids is 2. The van der Waals surface area contributed by atoms with Gasteiger partial charge in [-0.25, -0.2) is 0 Å². The standard InChI is InChI=1S/C65H90N2O6/c1-3-5-7-9-11-13-15-50-17-21-56(22-18-50)48-72-61-40-30-52(31-41-61)29-39-60(68)47-64(45-54-25-35-58(66)36-26-54,46-55-27-37-59(67)38-28-55)65(70,71)63(69)44-34-53-32-42-62(43-33-53)73-49-57-23-19-51(20-24-57)16-14-12-10-8-6-4-2/h25-44,50-51,56-57,70-71H,3-24,45-49,66-67H2,1-2H3/b39-29+,44-34+. The van der Waals surface area contributed by atoms with Gasteiger partial charge >= 0.3 is 0 Å². The summed E-state index contributed by atoms with van der Waals surface area (Å²) in [6, 6.07) is 29.3. The smallest absolute Gasteiger partial charge is 0.235 e. The van der Waals surface area contributed by atoms with Crippen molar-refractivity contribution in [2.45, 2.75) is 180 Å². The van der Waals surface area contributed by atoms with Crippen molar-refractivity contribution in [1.82, 2.24) is 0 Å². The highest BCUT2D eigenvalue weighted by Gasteiger charge is 2.54. The Labute approximate surface area is 439 Å². The summed E-state index contributed by atoms with van der Waals surface area (Å²) in [5, 5.41) is 24.6. The summed E-state index contributed by atoms with van der Waals surface area (Å²) in [6.45, 7) is 5.94. The average molecular weight is 995 g/mol. The molecule has 2 aliphatic rings. The van der Waals surface area contributed by atoms with Gasteiger partial charge in [0.2, 0.25) is 11.6 Å². The largest absolute Gasteiger partial charge is 0.493 e. The molecule has 0 radical (unpaired) electrons. The van der Waals surface area contributed by atoms with Crippen molar-refractivity contribution < 1.29 is 29.3 Å². The van der Waals surface area contributed by atoms with Crippen molar-refractivity contribution in [3.63, 3.8) is 0 Å². The topological polar surface area (TPSA) is 145 Å². The molecule has 2 saturated carbocycles. The van der Waals surface area contributed by atoms with E-state index in [1.165, 1.54) is 153 Å². The van der Waals surface area contributed by atoms with Gasteiger partial charge in [0, 0.05) is 23.2 Å². The minimum Gasteiger partial charge on any atom is -0.493 e. The van der Waals surface area contributed by atoms with Gasteiger partial charge < -0.3 is 31.2 Å². The van der Waals surface area contributed by atoms with E-state index in [-0.39, 0.29) is 25.0 Å². The maximum atomic E-state index is 14.3. The molecule has 2 aliphatic carbocycles. The predicted molar refractivity (Wildman–Crippen MR) is 302 cm³/mol. The molecule has 6 rings (SSSR count). The van der Waals surface area contributed by atoms with Crippen LogP contribution < -0.4 is 20.9 Å². The van der Waals surface area contributed by atoms with Gasteiger partial charge in [-0.2, -0.15) is 0 Å². The number of ether oxygens (including phenoxy) is 2. The maximum absolute atomic E-state index is 14.3. The number of anilines is 2. The second-order valence-corrected chi connectivity index (χ2v) is 22.1. The number of rotatable bonds is 32. The molecule has 0 spiro atoms. The molecule has 0 atom stereocenters. The van der Waals surface area contributed by atoms with Crippen LogP contribution in [-0.2, 0) is 22.4 Å². The Balaban J connectivity index is 1.07. The van der Waals surface area contributed by atoms with E-state index in [9.17, 15) is 19.8 Å². The Morgan fingerprint density at radius 3 is 1.29 bits per heavy atom. The van der Waals surface area contributed by atoms with E-state index in [0.717, 1.165) is 28.9 Å². The van der Waals surface area contributed by atoms with Crippen LogP contribution >= 0.6 is 0 Å². The zero-order valence-electron chi connectivity index (χ0n) is 44.6. The summed E-state index contributed by atoms with van der Waals surface area (Å²) in [7, 11) is 0. The van der Waals surface area contributed by atoms with Crippen molar-refractivity contribution in [2.24, 2.45) is 29.1 Å². The molecule has 4 aromatic carbocycles. The van der Waals surface area contributed by atoms with Crippen LogP contribution in [0.5, 0.6) is 11.5 Å². The number of aliphatic hydroxyl groups is 2. The highest BCUT2D eigenvalue weighted by Crippen LogP contribution is 2.43. The van der Waals surface area contributed by atoms with Crippen molar-refractivity contribution >= 4 is 35.1 Å². The van der Waals surface area contributed by atoms with Crippen LogP contribution in [0.1, 0.15) is 184 Å². The Hall–Kier alpha value is -5.18. The molecule has 0 saturated heterocycles. The first-order valence-electron chi connectivity index (χ1n) is 28.5. The molecule has 0 unspecified atom stereocenters. The maximum Gasteiger partial charge on any atom is 0.235 e. The van der Waals surface area contributed by atoms with Crippen LogP contribution in [0.4, 0.5) is 11.4 Å². The number of hydrogen-bond acceptors (Lipinski definition) is 8. The van der Waals surface area contributed by atoms with Crippen LogP contribution in [0, 0.1) is 29.1 Å². The summed E-state index contributed by atoms with van der Waals surface area (Å²) in [5.41, 5.74) is 14.4. The second-order valence-electron chi connectivity index (χ2n) is 22.1. The molecular weight excluding hydrogens is 905 g/mol. The lowest BCUT2D eigenvalue weighted by Gasteiger charge is -2.42. The molecular formula is C65H90N2O6. The average Bonchev–Trinajstić information content (AvgIpc) is 3.40. The van der Waals surface area contributed by atoms with Crippen LogP contribution in [-0.4, -0.2) is 40.8 Å². The number of benzene rings is 4. The fourth-order valence-electron chi connectivity index (χ4n) is 11.3. The van der Waals surface area contributed by atoms with Crippen molar-refractivity contribution in [3.8, 4) is 11.5 Å².